The Balaban J connectivity index is 0.992. The van der Waals surface area contributed by atoms with Crippen molar-refractivity contribution in [3.8, 4) is 0 Å². The lowest BCUT2D eigenvalue weighted by atomic mass is 9.38. The van der Waals surface area contributed by atoms with E-state index in [9.17, 15) is 14.7 Å². The van der Waals surface area contributed by atoms with Crippen molar-refractivity contribution in [3.63, 3.8) is 0 Å². The smallest absolute Gasteiger partial charge is 0.335 e. The van der Waals surface area contributed by atoms with E-state index in [0.717, 1.165) is 57.2 Å². The first-order valence-electron chi connectivity index (χ1n) is 20.9. The summed E-state index contributed by atoms with van der Waals surface area (Å²) in [6.45, 7) is 15.4. The molecular formula is C46H65N3O3. The van der Waals surface area contributed by atoms with Crippen molar-refractivity contribution >= 4 is 17.4 Å². The standard InChI is InChI=1S/C46H65N3O3/c1-6-35(49(7-2)30-32-12-9-8-10-13-32)28-47-29-42(50)48-46-24-11-14-40(46)37-19-20-41-44(4)25-21-36(33-15-17-34(18-16-33)43(51)52)31(3)38(44)22-26-45(41,5)39(37)23-27-46/h8-10,12-13,15-18,21,31,35,37-41,47H,6-7,11,14,19-20,22-30H2,1-5H3,(H,48,50)(H,51,52)/t31?,35-,37+,38?,39?,40-,41?,44+,45+,46+/m1/s1. The molecule has 7 rings (SSSR count). The molecule has 2 aromatic carbocycles. The molecule has 6 nitrogen and oxygen atoms in total. The van der Waals surface area contributed by atoms with E-state index in [1.807, 2.05) is 12.1 Å². The average Bonchev–Trinajstić information content (AvgIpc) is 3.57. The summed E-state index contributed by atoms with van der Waals surface area (Å²) in [5.41, 5.74) is 4.92. The van der Waals surface area contributed by atoms with Crippen molar-refractivity contribution in [2.24, 2.45) is 46.3 Å². The number of amides is 1. The molecule has 0 radical (unpaired) electrons. The maximum atomic E-state index is 13.7. The van der Waals surface area contributed by atoms with Crippen LogP contribution in [0.4, 0.5) is 0 Å². The molecule has 0 saturated heterocycles. The summed E-state index contributed by atoms with van der Waals surface area (Å²) in [7, 11) is 0. The van der Waals surface area contributed by atoms with Crippen LogP contribution in [0.5, 0.6) is 0 Å². The van der Waals surface area contributed by atoms with E-state index in [2.05, 4.69) is 86.6 Å². The first-order valence-corrected chi connectivity index (χ1v) is 20.9. The molecule has 0 aliphatic heterocycles. The highest BCUT2D eigenvalue weighted by atomic mass is 16.4. The Bertz CT molecular complexity index is 1610. The number of hydrogen-bond donors (Lipinski definition) is 3. The third-order valence-electron chi connectivity index (χ3n) is 15.8. The molecule has 4 unspecified atom stereocenters. The molecule has 6 heteroatoms. The van der Waals surface area contributed by atoms with Gasteiger partial charge in [0.1, 0.15) is 0 Å². The molecule has 5 aliphatic rings. The Hall–Kier alpha value is -2.96. The molecule has 0 spiro atoms. The van der Waals surface area contributed by atoms with Gasteiger partial charge in [0.15, 0.2) is 0 Å². The summed E-state index contributed by atoms with van der Waals surface area (Å²) in [6.07, 6.45) is 15.9. The second kappa shape index (κ2) is 15.1. The number of aromatic carboxylic acids is 1. The zero-order valence-electron chi connectivity index (χ0n) is 32.6. The Morgan fingerprint density at radius 2 is 1.63 bits per heavy atom. The lowest BCUT2D eigenvalue weighted by Gasteiger charge is -2.67. The maximum Gasteiger partial charge on any atom is 0.335 e. The van der Waals surface area contributed by atoms with Crippen LogP contribution in [0.25, 0.3) is 5.57 Å². The normalized spacial score (nSPS) is 35.8. The van der Waals surface area contributed by atoms with E-state index in [-0.39, 0.29) is 16.9 Å². The first kappa shape index (κ1) is 37.4. The van der Waals surface area contributed by atoms with Crippen LogP contribution in [0, 0.1) is 46.3 Å². The molecule has 0 aromatic heterocycles. The lowest BCUT2D eigenvalue weighted by Crippen LogP contribution is -2.64. The monoisotopic (exact) mass is 708 g/mol. The fourth-order valence-corrected chi connectivity index (χ4v) is 13.4. The number of carbonyl (C=O) groups excluding carboxylic acids is 1. The average molecular weight is 708 g/mol. The molecule has 3 N–H and O–H groups in total. The number of carboxylic acid groups (broad SMARTS) is 1. The molecule has 5 aliphatic carbocycles. The van der Waals surface area contributed by atoms with Gasteiger partial charge in [-0.2, -0.15) is 0 Å². The van der Waals surface area contributed by atoms with Crippen molar-refractivity contribution in [1.82, 2.24) is 15.5 Å². The van der Waals surface area contributed by atoms with Crippen LogP contribution in [0.1, 0.15) is 127 Å². The van der Waals surface area contributed by atoms with Crippen molar-refractivity contribution in [1.29, 1.82) is 0 Å². The van der Waals surface area contributed by atoms with Gasteiger partial charge < -0.3 is 15.7 Å². The largest absolute Gasteiger partial charge is 0.478 e. The number of likely N-dealkylation sites (N-methyl/N-ethyl adjacent to an activating group) is 1. The molecule has 4 saturated carbocycles. The van der Waals surface area contributed by atoms with Crippen LogP contribution in [0.3, 0.4) is 0 Å². The third kappa shape index (κ3) is 6.69. The topological polar surface area (TPSA) is 81.7 Å². The van der Waals surface area contributed by atoms with Gasteiger partial charge in [0, 0.05) is 24.7 Å². The minimum absolute atomic E-state index is 0.0235. The predicted octanol–water partition coefficient (Wildman–Crippen LogP) is 9.21. The zero-order chi connectivity index (χ0) is 36.7. The number of nitrogens with zero attached hydrogens (tertiary/aromatic N) is 1. The van der Waals surface area contributed by atoms with Gasteiger partial charge in [-0.25, -0.2) is 4.79 Å². The minimum atomic E-state index is -0.863. The highest BCUT2D eigenvalue weighted by Gasteiger charge is 2.64. The van der Waals surface area contributed by atoms with E-state index in [0.29, 0.717) is 47.2 Å². The SMILES string of the molecule is CC[C@H](CNCC(=O)N[C@]12CCC[C@@H]1[C@H]1CCC3[C@@]4(C)CC=C(c5ccc(C(=O)O)cc5)C(C)C4CC[C@@]3(C)C1CC2)N(CC)Cc1ccccc1. The Labute approximate surface area is 313 Å². The summed E-state index contributed by atoms with van der Waals surface area (Å²) < 4.78 is 0. The van der Waals surface area contributed by atoms with Gasteiger partial charge in [0.05, 0.1) is 12.1 Å². The predicted molar refractivity (Wildman–Crippen MR) is 211 cm³/mol. The van der Waals surface area contributed by atoms with E-state index >= 15 is 0 Å². The Kier molecular flexibility index (Phi) is 10.8. The molecule has 10 atom stereocenters. The molecule has 0 heterocycles. The summed E-state index contributed by atoms with van der Waals surface area (Å²) in [4.78, 5) is 27.7. The second-order valence-electron chi connectivity index (χ2n) is 18.1. The Morgan fingerprint density at radius 1 is 0.885 bits per heavy atom. The van der Waals surface area contributed by atoms with Crippen LogP contribution in [0.15, 0.2) is 60.7 Å². The molecular weight excluding hydrogens is 643 g/mol. The number of rotatable bonds is 12. The van der Waals surface area contributed by atoms with Crippen LogP contribution >= 0.6 is 0 Å². The number of benzene rings is 2. The number of fused-ring (bicyclic) bond motifs is 7. The molecule has 1 amide bonds. The molecule has 2 aromatic rings. The van der Waals surface area contributed by atoms with Gasteiger partial charge in [-0.15, -0.1) is 0 Å². The molecule has 282 valence electrons. The molecule has 4 fully saturated rings. The lowest BCUT2D eigenvalue weighted by molar-refractivity contribution is -0.165. The van der Waals surface area contributed by atoms with E-state index in [1.54, 1.807) is 12.1 Å². The summed E-state index contributed by atoms with van der Waals surface area (Å²) in [5.74, 6) is 3.23. The van der Waals surface area contributed by atoms with Gasteiger partial charge in [0.2, 0.25) is 5.91 Å². The van der Waals surface area contributed by atoms with Gasteiger partial charge in [-0.1, -0.05) is 89.6 Å². The van der Waals surface area contributed by atoms with Crippen molar-refractivity contribution in [2.75, 3.05) is 19.6 Å². The van der Waals surface area contributed by atoms with Crippen LogP contribution in [-0.4, -0.2) is 53.1 Å². The Morgan fingerprint density at radius 3 is 2.35 bits per heavy atom. The van der Waals surface area contributed by atoms with Gasteiger partial charge >= 0.3 is 5.97 Å². The van der Waals surface area contributed by atoms with Gasteiger partial charge in [-0.3, -0.25) is 9.69 Å². The summed E-state index contributed by atoms with van der Waals surface area (Å²) in [6, 6.07) is 18.7. The maximum absolute atomic E-state index is 13.7. The fourth-order valence-electron chi connectivity index (χ4n) is 13.4. The minimum Gasteiger partial charge on any atom is -0.478 e. The second-order valence-corrected chi connectivity index (χ2v) is 18.1. The van der Waals surface area contributed by atoms with Crippen LogP contribution < -0.4 is 10.6 Å². The molecule has 0 bridgehead atoms. The van der Waals surface area contributed by atoms with Gasteiger partial charge in [-0.05, 0) is 146 Å². The number of allylic oxidation sites excluding steroid dienone is 2. The number of carboxylic acids is 1. The number of hydrogen-bond acceptors (Lipinski definition) is 4. The number of nitrogens with one attached hydrogen (secondary N) is 2. The summed E-state index contributed by atoms with van der Waals surface area (Å²) in [5, 5.41) is 16.7. The van der Waals surface area contributed by atoms with E-state index in [4.69, 9.17) is 0 Å². The van der Waals surface area contributed by atoms with Crippen molar-refractivity contribution in [3.05, 3.63) is 77.4 Å². The van der Waals surface area contributed by atoms with Crippen molar-refractivity contribution in [2.45, 2.75) is 123 Å². The number of carbonyl (C=O) groups is 2. The quantitative estimate of drug-likeness (QED) is 0.205. The fraction of sp³-hybridized carbons (Fsp3) is 0.652. The highest BCUT2D eigenvalue weighted by molar-refractivity contribution is 5.88. The van der Waals surface area contributed by atoms with Crippen molar-refractivity contribution < 1.29 is 14.7 Å². The molecule has 52 heavy (non-hydrogen) atoms. The zero-order valence-corrected chi connectivity index (χ0v) is 32.6. The van der Waals surface area contributed by atoms with Crippen LogP contribution in [-0.2, 0) is 11.3 Å². The highest BCUT2D eigenvalue weighted by Crippen LogP contribution is 2.70. The first-order chi connectivity index (χ1) is 25.0. The van der Waals surface area contributed by atoms with Crippen LogP contribution in [0.2, 0.25) is 0 Å². The van der Waals surface area contributed by atoms with Gasteiger partial charge in [0.25, 0.3) is 0 Å². The van der Waals surface area contributed by atoms with E-state index < -0.39 is 5.97 Å². The van der Waals surface area contributed by atoms with E-state index in [1.165, 1.54) is 61.6 Å². The third-order valence-corrected chi connectivity index (χ3v) is 15.8. The summed E-state index contributed by atoms with van der Waals surface area (Å²) >= 11 is 0.